The summed E-state index contributed by atoms with van der Waals surface area (Å²) in [5.41, 5.74) is 6.21. The third kappa shape index (κ3) is 4.92. The molecule has 1 fully saturated rings. The van der Waals surface area contributed by atoms with E-state index in [0.29, 0.717) is 68.3 Å². The maximum absolute atomic E-state index is 13.8. The zero-order valence-electron chi connectivity index (χ0n) is 24.5. The Hall–Kier alpha value is -4.28. The summed E-state index contributed by atoms with van der Waals surface area (Å²) in [4.78, 5) is 35.5. The number of nitrogens with one attached hydrogen (secondary N) is 1. The molecule has 0 saturated heterocycles. The molecule has 1 saturated carbocycles. The number of hydrogen-bond donors (Lipinski definition) is 3. The van der Waals surface area contributed by atoms with E-state index in [0.717, 1.165) is 6.42 Å². The van der Waals surface area contributed by atoms with Gasteiger partial charge in [-0.05, 0) is 81.1 Å². The fourth-order valence-electron chi connectivity index (χ4n) is 5.87. The first kappa shape index (κ1) is 29.8. The summed E-state index contributed by atoms with van der Waals surface area (Å²) < 4.78 is 25.3. The quantitative estimate of drug-likeness (QED) is 0.254. The summed E-state index contributed by atoms with van der Waals surface area (Å²) in [5, 5.41) is 16.3. The van der Waals surface area contributed by atoms with Crippen molar-refractivity contribution in [3.63, 3.8) is 0 Å². The number of rotatable bonds is 8. The van der Waals surface area contributed by atoms with Crippen molar-refractivity contribution in [2.45, 2.75) is 44.1 Å². The number of ether oxygens (including phenoxy) is 2. The van der Waals surface area contributed by atoms with E-state index < -0.39 is 28.6 Å². The molecule has 2 aromatic heterocycles. The van der Waals surface area contributed by atoms with Gasteiger partial charge in [-0.2, -0.15) is 0 Å². The van der Waals surface area contributed by atoms with Crippen molar-refractivity contribution >= 4 is 34.3 Å². The summed E-state index contributed by atoms with van der Waals surface area (Å²) in [6.45, 7) is 3.30. The van der Waals surface area contributed by atoms with E-state index in [1.165, 1.54) is 19.2 Å². The van der Waals surface area contributed by atoms with Crippen molar-refractivity contribution in [3.8, 4) is 22.8 Å². The van der Waals surface area contributed by atoms with Gasteiger partial charge in [-0.3, -0.25) is 9.59 Å². The van der Waals surface area contributed by atoms with Crippen LogP contribution in [0.5, 0.6) is 11.5 Å². The highest BCUT2D eigenvalue weighted by Crippen LogP contribution is 2.48. The monoisotopic (exact) mass is 618 g/mol. The smallest absolute Gasteiger partial charge is 0.251 e. The van der Waals surface area contributed by atoms with Crippen LogP contribution in [-0.4, -0.2) is 47.2 Å². The van der Waals surface area contributed by atoms with Gasteiger partial charge in [0, 0.05) is 22.1 Å². The molecule has 6 rings (SSSR count). The van der Waals surface area contributed by atoms with E-state index in [1.807, 2.05) is 0 Å². The number of carbonyl (C=O) groups is 2. The molecule has 3 heterocycles. The van der Waals surface area contributed by atoms with Gasteiger partial charge < -0.3 is 25.6 Å². The molecular weight excluding hydrogens is 587 g/mol. The molecule has 2 amide bonds. The van der Waals surface area contributed by atoms with Crippen LogP contribution in [-0.2, 0) is 15.8 Å². The fourth-order valence-corrected chi connectivity index (χ4v) is 6.03. The molecule has 1 aliphatic heterocycles. The number of hydrogen-bond acceptors (Lipinski definition) is 7. The molecule has 1 unspecified atom stereocenters. The number of nitrogens with zero attached hydrogens (tertiary/aromatic N) is 2. The molecular formula is C33H32ClFN4O5. The van der Waals surface area contributed by atoms with Gasteiger partial charge in [-0.1, -0.05) is 18.0 Å². The van der Waals surface area contributed by atoms with Crippen LogP contribution in [0.2, 0.25) is 5.02 Å². The molecule has 1 aliphatic carbocycles. The number of benzene rings is 2. The highest BCUT2D eigenvalue weighted by atomic mass is 35.5. The van der Waals surface area contributed by atoms with Crippen LogP contribution in [0.15, 0.2) is 48.5 Å². The lowest BCUT2D eigenvalue weighted by Gasteiger charge is -2.41. The molecule has 11 heteroatoms. The fraction of sp³-hybridized carbons (Fsp3) is 0.333. The van der Waals surface area contributed by atoms with Crippen LogP contribution in [0.25, 0.3) is 22.2 Å². The molecule has 2 aliphatic rings. The molecule has 4 N–H and O–H groups in total. The average Bonchev–Trinajstić information content (AvgIpc) is 3.33. The zero-order chi connectivity index (χ0) is 31.4. The maximum Gasteiger partial charge on any atom is 0.251 e. The number of carbonyl (C=O) groups excluding carboxylic acids is 2. The lowest BCUT2D eigenvalue weighted by atomic mass is 9.70. The number of aliphatic hydroxyl groups is 1. The number of aromatic nitrogens is 2. The Morgan fingerprint density at radius 1 is 1.20 bits per heavy atom. The Bertz CT molecular complexity index is 1810. The van der Waals surface area contributed by atoms with Crippen LogP contribution in [0.3, 0.4) is 0 Å². The van der Waals surface area contributed by atoms with Crippen LogP contribution >= 0.6 is 11.6 Å². The molecule has 228 valence electrons. The normalized spacial score (nSPS) is 19.0. The van der Waals surface area contributed by atoms with Crippen LogP contribution in [0.4, 0.5) is 4.39 Å². The SMILES string of the molecule is COc1cc(C(=O)NCC(O)(c2cc3c(c(-c4ccc(F)cc4)n2)OC[C@]3(C)C(N)=O)C2CCC2)cc2cc(Cl)c(C)nc12. The first-order valence-corrected chi connectivity index (χ1v) is 14.7. The lowest BCUT2D eigenvalue weighted by Crippen LogP contribution is -2.49. The first-order chi connectivity index (χ1) is 20.9. The molecule has 0 bridgehead atoms. The Morgan fingerprint density at radius 2 is 1.93 bits per heavy atom. The summed E-state index contributed by atoms with van der Waals surface area (Å²) in [7, 11) is 1.50. The minimum atomic E-state index is -1.60. The number of aryl methyl sites for hydroxylation is 1. The predicted octanol–water partition coefficient (Wildman–Crippen LogP) is 4.96. The van der Waals surface area contributed by atoms with Gasteiger partial charge in [-0.25, -0.2) is 14.4 Å². The standard InChI is InChI=1S/C33H32ClFN4O5/c1-17-24(34)12-19-11-20(13-25(43-3)27(19)38-17)30(40)37-15-33(42,21-5-4-6-21)26-14-23-29(44-16-32(23,2)31(36)41)28(39-26)18-7-9-22(35)10-8-18/h7-14,21,42H,4-6,15-16H2,1-3H3,(H2,36,41)(H,37,40)/t32-,33?/m0/s1. The Morgan fingerprint density at radius 3 is 2.57 bits per heavy atom. The van der Waals surface area contributed by atoms with Gasteiger partial charge in [0.15, 0.2) is 0 Å². The second-order valence-corrected chi connectivity index (χ2v) is 12.2. The van der Waals surface area contributed by atoms with Gasteiger partial charge in [0.25, 0.3) is 5.91 Å². The minimum Gasteiger partial charge on any atom is -0.494 e. The maximum atomic E-state index is 13.8. The molecule has 44 heavy (non-hydrogen) atoms. The van der Waals surface area contributed by atoms with E-state index in [4.69, 9.17) is 31.8 Å². The largest absolute Gasteiger partial charge is 0.494 e. The topological polar surface area (TPSA) is 137 Å². The molecule has 2 aromatic carbocycles. The highest BCUT2D eigenvalue weighted by Gasteiger charge is 2.48. The third-order valence-electron chi connectivity index (χ3n) is 8.97. The van der Waals surface area contributed by atoms with Crippen molar-refractivity contribution in [2.24, 2.45) is 11.7 Å². The van der Waals surface area contributed by atoms with Crippen LogP contribution in [0, 0.1) is 18.7 Å². The highest BCUT2D eigenvalue weighted by molar-refractivity contribution is 6.31. The predicted molar refractivity (Wildman–Crippen MR) is 163 cm³/mol. The van der Waals surface area contributed by atoms with Gasteiger partial charge in [-0.15, -0.1) is 0 Å². The summed E-state index contributed by atoms with van der Waals surface area (Å²) in [6.07, 6.45) is 2.34. The molecule has 0 spiro atoms. The Kier molecular flexibility index (Phi) is 7.45. The second-order valence-electron chi connectivity index (χ2n) is 11.8. The first-order valence-electron chi connectivity index (χ1n) is 14.3. The second kappa shape index (κ2) is 11.0. The number of methoxy groups -OCH3 is 1. The Balaban J connectivity index is 1.41. The number of amides is 2. The minimum absolute atomic E-state index is 0.00220. The number of halogens is 2. The van der Waals surface area contributed by atoms with Crippen molar-refractivity contribution in [2.75, 3.05) is 20.3 Å². The molecule has 2 atom stereocenters. The van der Waals surface area contributed by atoms with Gasteiger partial charge in [0.2, 0.25) is 5.91 Å². The number of primary amides is 1. The van der Waals surface area contributed by atoms with E-state index in [2.05, 4.69) is 10.3 Å². The van der Waals surface area contributed by atoms with E-state index in [1.54, 1.807) is 50.2 Å². The number of fused-ring (bicyclic) bond motifs is 2. The van der Waals surface area contributed by atoms with Gasteiger partial charge >= 0.3 is 0 Å². The number of nitrogens with two attached hydrogens (primary N) is 1. The van der Waals surface area contributed by atoms with E-state index in [-0.39, 0.29) is 24.8 Å². The summed E-state index contributed by atoms with van der Waals surface area (Å²) >= 11 is 6.31. The third-order valence-corrected chi connectivity index (χ3v) is 9.35. The summed E-state index contributed by atoms with van der Waals surface area (Å²) in [5.74, 6) is -0.895. The lowest BCUT2D eigenvalue weighted by molar-refractivity contribution is -0.123. The van der Waals surface area contributed by atoms with Gasteiger partial charge in [0.1, 0.15) is 46.1 Å². The van der Waals surface area contributed by atoms with Crippen LogP contribution in [0.1, 0.15) is 53.5 Å². The van der Waals surface area contributed by atoms with E-state index in [9.17, 15) is 19.1 Å². The zero-order valence-corrected chi connectivity index (χ0v) is 25.3. The number of pyridine rings is 2. The van der Waals surface area contributed by atoms with Gasteiger partial charge in [0.05, 0.1) is 30.1 Å². The summed E-state index contributed by atoms with van der Waals surface area (Å²) in [6, 6.07) is 12.4. The van der Waals surface area contributed by atoms with Crippen molar-refractivity contribution in [1.82, 2.24) is 15.3 Å². The average molecular weight is 619 g/mol. The van der Waals surface area contributed by atoms with Crippen LogP contribution < -0.4 is 20.5 Å². The molecule has 9 nitrogen and oxygen atoms in total. The molecule has 4 aromatic rings. The van der Waals surface area contributed by atoms with Crippen molar-refractivity contribution in [3.05, 3.63) is 81.9 Å². The van der Waals surface area contributed by atoms with E-state index >= 15 is 0 Å². The van der Waals surface area contributed by atoms with Crippen molar-refractivity contribution in [1.29, 1.82) is 0 Å². The Labute approximate surface area is 258 Å². The molecule has 0 radical (unpaired) electrons. The van der Waals surface area contributed by atoms with Crippen molar-refractivity contribution < 1.29 is 28.6 Å².